The van der Waals surface area contributed by atoms with Gasteiger partial charge in [0.15, 0.2) is 6.61 Å². The first-order chi connectivity index (χ1) is 12.4. The molecular formula is C18H18N4O4. The van der Waals surface area contributed by atoms with Gasteiger partial charge in [-0.1, -0.05) is 17.7 Å². The summed E-state index contributed by atoms with van der Waals surface area (Å²) in [5.74, 6) is -1.80. The molecule has 0 aliphatic heterocycles. The van der Waals surface area contributed by atoms with Gasteiger partial charge in [-0.3, -0.25) is 14.4 Å². The third kappa shape index (κ3) is 6.08. The molecular weight excluding hydrogens is 336 g/mol. The number of nitrogens with two attached hydrogens (primary N) is 1. The van der Waals surface area contributed by atoms with E-state index in [0.717, 1.165) is 5.56 Å². The summed E-state index contributed by atoms with van der Waals surface area (Å²) >= 11 is 0. The molecule has 0 spiro atoms. The van der Waals surface area contributed by atoms with Crippen molar-refractivity contribution in [1.29, 1.82) is 0 Å². The lowest BCUT2D eigenvalue weighted by Crippen LogP contribution is -2.32. The minimum atomic E-state index is -0.886. The van der Waals surface area contributed by atoms with Crippen molar-refractivity contribution in [1.82, 2.24) is 5.43 Å². The molecule has 2 aromatic carbocycles. The van der Waals surface area contributed by atoms with Gasteiger partial charge in [0.1, 0.15) is 5.75 Å². The molecule has 0 bridgehead atoms. The van der Waals surface area contributed by atoms with Crippen molar-refractivity contribution in [3.63, 3.8) is 0 Å². The molecule has 0 unspecified atom stereocenters. The Bertz CT molecular complexity index is 814. The van der Waals surface area contributed by atoms with Gasteiger partial charge in [-0.25, -0.2) is 5.43 Å². The topological polar surface area (TPSA) is 123 Å². The van der Waals surface area contributed by atoms with E-state index in [0.29, 0.717) is 17.0 Å². The first kappa shape index (κ1) is 18.7. The van der Waals surface area contributed by atoms with E-state index in [2.05, 4.69) is 15.8 Å². The number of nitrogens with one attached hydrogen (secondary N) is 2. The minimum absolute atomic E-state index is 0.209. The number of rotatable bonds is 6. The molecule has 8 nitrogen and oxygen atoms in total. The number of aryl methyl sites for hydroxylation is 1. The van der Waals surface area contributed by atoms with Gasteiger partial charge in [0, 0.05) is 5.69 Å². The Kier molecular flexibility index (Phi) is 6.44. The molecule has 0 radical (unpaired) electrons. The van der Waals surface area contributed by atoms with Crippen LogP contribution in [0.25, 0.3) is 0 Å². The molecule has 0 fully saturated rings. The largest absolute Gasteiger partial charge is 0.484 e. The Labute approximate surface area is 150 Å². The molecule has 2 aromatic rings. The zero-order valence-electron chi connectivity index (χ0n) is 14.1. The van der Waals surface area contributed by atoms with Crippen LogP contribution in [0.5, 0.6) is 5.75 Å². The van der Waals surface area contributed by atoms with Gasteiger partial charge in [0.25, 0.3) is 5.91 Å². The van der Waals surface area contributed by atoms with E-state index in [9.17, 15) is 14.4 Å². The van der Waals surface area contributed by atoms with E-state index in [-0.39, 0.29) is 6.61 Å². The van der Waals surface area contributed by atoms with Crippen molar-refractivity contribution in [2.75, 3.05) is 11.9 Å². The Balaban J connectivity index is 1.83. The molecule has 2 rings (SSSR count). The highest BCUT2D eigenvalue weighted by Crippen LogP contribution is 2.11. The van der Waals surface area contributed by atoms with Crippen LogP contribution in [0.15, 0.2) is 53.6 Å². The van der Waals surface area contributed by atoms with Gasteiger partial charge in [0.2, 0.25) is 0 Å². The van der Waals surface area contributed by atoms with Crippen molar-refractivity contribution in [2.45, 2.75) is 6.92 Å². The molecule has 4 N–H and O–H groups in total. The SMILES string of the molecule is Cc1ccc(NC(=O)C(=O)NN=Cc2ccc(OCC(N)=O)cc2)cc1. The zero-order valence-corrected chi connectivity index (χ0v) is 14.1. The average Bonchev–Trinajstić information content (AvgIpc) is 2.62. The Morgan fingerprint density at radius 3 is 2.31 bits per heavy atom. The van der Waals surface area contributed by atoms with Crippen LogP contribution >= 0.6 is 0 Å². The second kappa shape index (κ2) is 8.97. The standard InChI is InChI=1S/C18H18N4O4/c1-12-2-6-14(7-3-12)21-17(24)18(25)22-20-10-13-4-8-15(9-5-13)26-11-16(19)23/h2-10H,11H2,1H3,(H2,19,23)(H,21,24)(H,22,25). The number of hydrazone groups is 1. The van der Waals surface area contributed by atoms with Crippen LogP contribution in [-0.4, -0.2) is 30.5 Å². The highest BCUT2D eigenvalue weighted by molar-refractivity contribution is 6.39. The van der Waals surface area contributed by atoms with E-state index in [1.165, 1.54) is 6.21 Å². The number of hydrogen-bond donors (Lipinski definition) is 3. The predicted octanol–water partition coefficient (Wildman–Crippen LogP) is 0.948. The van der Waals surface area contributed by atoms with Crippen LogP contribution in [0.2, 0.25) is 0 Å². The normalized spacial score (nSPS) is 10.3. The fourth-order valence-corrected chi connectivity index (χ4v) is 1.85. The molecule has 0 aliphatic carbocycles. The Morgan fingerprint density at radius 2 is 1.69 bits per heavy atom. The fraction of sp³-hybridized carbons (Fsp3) is 0.111. The highest BCUT2D eigenvalue weighted by Gasteiger charge is 2.12. The number of anilines is 1. The average molecular weight is 354 g/mol. The van der Waals surface area contributed by atoms with E-state index < -0.39 is 17.7 Å². The van der Waals surface area contributed by atoms with Crippen LogP contribution in [0, 0.1) is 6.92 Å². The van der Waals surface area contributed by atoms with Crippen LogP contribution in [0.1, 0.15) is 11.1 Å². The molecule has 134 valence electrons. The molecule has 3 amide bonds. The summed E-state index contributed by atoms with van der Waals surface area (Å²) in [4.78, 5) is 34.1. The quantitative estimate of drug-likeness (QED) is 0.406. The monoisotopic (exact) mass is 354 g/mol. The number of nitrogens with zero attached hydrogens (tertiary/aromatic N) is 1. The lowest BCUT2D eigenvalue weighted by Gasteiger charge is -2.04. The second-order valence-corrected chi connectivity index (χ2v) is 5.34. The predicted molar refractivity (Wildman–Crippen MR) is 96.7 cm³/mol. The fourth-order valence-electron chi connectivity index (χ4n) is 1.85. The van der Waals surface area contributed by atoms with Gasteiger partial charge in [-0.05, 0) is 48.9 Å². The zero-order chi connectivity index (χ0) is 18.9. The van der Waals surface area contributed by atoms with Crippen LogP contribution in [-0.2, 0) is 14.4 Å². The first-order valence-corrected chi connectivity index (χ1v) is 7.66. The van der Waals surface area contributed by atoms with Crippen molar-refractivity contribution < 1.29 is 19.1 Å². The summed E-state index contributed by atoms with van der Waals surface area (Å²) in [7, 11) is 0. The second-order valence-electron chi connectivity index (χ2n) is 5.34. The van der Waals surface area contributed by atoms with E-state index >= 15 is 0 Å². The molecule has 8 heteroatoms. The number of hydrogen-bond acceptors (Lipinski definition) is 5. The molecule has 0 saturated carbocycles. The van der Waals surface area contributed by atoms with E-state index in [1.807, 2.05) is 19.1 Å². The smallest absolute Gasteiger partial charge is 0.329 e. The van der Waals surface area contributed by atoms with Crippen LogP contribution < -0.4 is 21.2 Å². The lowest BCUT2D eigenvalue weighted by atomic mass is 10.2. The lowest BCUT2D eigenvalue weighted by molar-refractivity contribution is -0.136. The molecule has 0 aliphatic rings. The molecule has 0 atom stereocenters. The third-order valence-electron chi connectivity index (χ3n) is 3.16. The maximum Gasteiger partial charge on any atom is 0.329 e. The maximum atomic E-state index is 11.8. The van der Waals surface area contributed by atoms with Crippen molar-refractivity contribution in [3.8, 4) is 5.75 Å². The molecule has 0 aromatic heterocycles. The minimum Gasteiger partial charge on any atom is -0.484 e. The van der Waals surface area contributed by atoms with Gasteiger partial charge in [-0.2, -0.15) is 5.10 Å². The van der Waals surface area contributed by atoms with Crippen molar-refractivity contribution >= 4 is 29.6 Å². The van der Waals surface area contributed by atoms with Gasteiger partial charge in [0.05, 0.1) is 6.21 Å². The number of carbonyl (C=O) groups excluding carboxylic acids is 3. The Hall–Kier alpha value is -3.68. The van der Waals surface area contributed by atoms with Gasteiger partial charge >= 0.3 is 11.8 Å². The molecule has 26 heavy (non-hydrogen) atoms. The first-order valence-electron chi connectivity index (χ1n) is 7.66. The van der Waals surface area contributed by atoms with E-state index in [4.69, 9.17) is 10.5 Å². The summed E-state index contributed by atoms with van der Waals surface area (Å²) in [6, 6.07) is 13.6. The number of benzene rings is 2. The summed E-state index contributed by atoms with van der Waals surface area (Å²) in [5, 5.41) is 6.19. The third-order valence-corrected chi connectivity index (χ3v) is 3.16. The van der Waals surface area contributed by atoms with Crippen LogP contribution in [0.4, 0.5) is 5.69 Å². The van der Waals surface area contributed by atoms with Crippen LogP contribution in [0.3, 0.4) is 0 Å². The van der Waals surface area contributed by atoms with Gasteiger partial charge < -0.3 is 15.8 Å². The van der Waals surface area contributed by atoms with Crippen molar-refractivity contribution in [2.24, 2.45) is 10.8 Å². The van der Waals surface area contributed by atoms with Crippen molar-refractivity contribution in [3.05, 3.63) is 59.7 Å². The Morgan fingerprint density at radius 1 is 1.04 bits per heavy atom. The molecule has 0 saturated heterocycles. The summed E-state index contributed by atoms with van der Waals surface area (Å²) in [6.07, 6.45) is 1.37. The maximum absolute atomic E-state index is 11.8. The number of carbonyl (C=O) groups is 3. The summed E-state index contributed by atoms with van der Waals surface area (Å²) in [6.45, 7) is 1.71. The number of primary amides is 1. The molecule has 0 heterocycles. The summed E-state index contributed by atoms with van der Waals surface area (Å²) in [5.41, 5.74) is 9.36. The number of ether oxygens (including phenoxy) is 1. The van der Waals surface area contributed by atoms with Gasteiger partial charge in [-0.15, -0.1) is 0 Å². The highest BCUT2D eigenvalue weighted by atomic mass is 16.5. The van der Waals surface area contributed by atoms with E-state index in [1.54, 1.807) is 36.4 Å². The number of amides is 3. The summed E-state index contributed by atoms with van der Waals surface area (Å²) < 4.78 is 5.12.